The second-order valence-corrected chi connectivity index (χ2v) is 4.92. The van der Waals surface area contributed by atoms with Crippen molar-refractivity contribution in [3.8, 4) is 12.3 Å². The van der Waals surface area contributed by atoms with E-state index in [2.05, 4.69) is 5.92 Å². The number of carbonyl (C=O) groups excluding carboxylic acids is 4. The highest BCUT2D eigenvalue weighted by Gasteiger charge is 2.54. The Morgan fingerprint density at radius 2 is 1.38 bits per heavy atom. The molecule has 24 heavy (non-hydrogen) atoms. The molecule has 9 nitrogen and oxygen atoms in total. The molecule has 1 fully saturated rings. The first-order valence-corrected chi connectivity index (χ1v) is 6.96. The largest absolute Gasteiger partial charge is 0.455 e. The summed E-state index contributed by atoms with van der Waals surface area (Å²) >= 11 is 0. The van der Waals surface area contributed by atoms with E-state index in [0.29, 0.717) is 0 Å². The van der Waals surface area contributed by atoms with E-state index < -0.39 is 54.6 Å². The van der Waals surface area contributed by atoms with Crippen molar-refractivity contribution in [3.63, 3.8) is 0 Å². The summed E-state index contributed by atoms with van der Waals surface area (Å²) in [5, 5.41) is 0. The smallest absolute Gasteiger partial charge is 0.305 e. The first kappa shape index (κ1) is 19.4. The summed E-state index contributed by atoms with van der Waals surface area (Å²) in [4.78, 5) is 45.0. The third kappa shape index (κ3) is 5.24. The first-order chi connectivity index (χ1) is 11.1. The molecule has 0 N–H and O–H groups in total. The van der Waals surface area contributed by atoms with Gasteiger partial charge >= 0.3 is 23.9 Å². The van der Waals surface area contributed by atoms with E-state index >= 15 is 0 Å². The van der Waals surface area contributed by atoms with Crippen LogP contribution in [-0.2, 0) is 42.9 Å². The Morgan fingerprint density at radius 3 is 1.79 bits per heavy atom. The van der Waals surface area contributed by atoms with Crippen molar-refractivity contribution in [1.29, 1.82) is 0 Å². The van der Waals surface area contributed by atoms with Crippen molar-refractivity contribution in [1.82, 2.24) is 0 Å². The minimum atomic E-state index is -1.37. The summed E-state index contributed by atoms with van der Waals surface area (Å²) in [6, 6.07) is 0. The average Bonchev–Trinajstić information content (AvgIpc) is 2.72. The number of carbonyl (C=O) groups is 4. The molecule has 0 bridgehead atoms. The zero-order valence-electron chi connectivity index (χ0n) is 13.6. The lowest BCUT2D eigenvalue weighted by molar-refractivity contribution is -0.199. The number of esters is 4. The summed E-state index contributed by atoms with van der Waals surface area (Å²) in [6.07, 6.45) is -0.956. The number of rotatable bonds is 5. The summed E-state index contributed by atoms with van der Waals surface area (Å²) < 4.78 is 25.4. The van der Waals surface area contributed by atoms with Gasteiger partial charge in [0.2, 0.25) is 12.4 Å². The summed E-state index contributed by atoms with van der Waals surface area (Å²) in [6.45, 7) is 4.49. The van der Waals surface area contributed by atoms with Crippen molar-refractivity contribution in [2.45, 2.75) is 58.4 Å². The van der Waals surface area contributed by atoms with Gasteiger partial charge in [0.1, 0.15) is 0 Å². The Morgan fingerprint density at radius 1 is 0.875 bits per heavy atom. The van der Waals surface area contributed by atoms with Gasteiger partial charge in [0, 0.05) is 27.7 Å². The molecule has 0 amide bonds. The Bertz CT molecular complexity index is 562. The summed E-state index contributed by atoms with van der Waals surface area (Å²) in [5.74, 6) is -0.658. The van der Waals surface area contributed by atoms with Gasteiger partial charge in [0.15, 0.2) is 18.3 Å². The van der Waals surface area contributed by atoms with Gasteiger partial charge in [-0.25, -0.2) is 0 Å². The van der Waals surface area contributed by atoms with E-state index in [0.717, 1.165) is 27.7 Å². The fraction of sp³-hybridized carbons (Fsp3) is 0.600. The number of hydrogen-bond donors (Lipinski definition) is 0. The molecule has 0 aromatic heterocycles. The maximum atomic E-state index is 11.4. The van der Waals surface area contributed by atoms with Crippen LogP contribution in [0.4, 0.5) is 0 Å². The fourth-order valence-electron chi connectivity index (χ4n) is 2.17. The molecule has 1 aliphatic heterocycles. The van der Waals surface area contributed by atoms with Gasteiger partial charge in [0.05, 0.1) is 0 Å². The molecule has 0 aromatic carbocycles. The van der Waals surface area contributed by atoms with Crippen molar-refractivity contribution in [3.05, 3.63) is 0 Å². The molecule has 1 rings (SSSR count). The number of ether oxygens (including phenoxy) is 5. The van der Waals surface area contributed by atoms with Gasteiger partial charge in [-0.3, -0.25) is 19.2 Å². The molecule has 0 radical (unpaired) electrons. The van der Waals surface area contributed by atoms with Crippen LogP contribution in [-0.4, -0.2) is 54.6 Å². The Labute approximate surface area is 138 Å². The predicted octanol–water partition coefficient (Wildman–Crippen LogP) is -0.297. The Kier molecular flexibility index (Phi) is 6.73. The van der Waals surface area contributed by atoms with Crippen molar-refractivity contribution < 1.29 is 42.9 Å². The molecule has 132 valence electrons. The van der Waals surface area contributed by atoms with E-state index in [1.807, 2.05) is 0 Å². The minimum Gasteiger partial charge on any atom is -0.455 e. The summed E-state index contributed by atoms with van der Waals surface area (Å²) in [5.41, 5.74) is 0. The van der Waals surface area contributed by atoms with E-state index in [-0.39, 0.29) is 0 Å². The monoisotopic (exact) mass is 342 g/mol. The molecule has 1 saturated heterocycles. The molecule has 0 aliphatic carbocycles. The topological polar surface area (TPSA) is 114 Å². The lowest BCUT2D eigenvalue weighted by Crippen LogP contribution is -2.44. The summed E-state index contributed by atoms with van der Waals surface area (Å²) in [7, 11) is 0. The van der Waals surface area contributed by atoms with Crippen molar-refractivity contribution in [2.75, 3.05) is 0 Å². The van der Waals surface area contributed by atoms with Gasteiger partial charge in [0.25, 0.3) is 0 Å². The van der Waals surface area contributed by atoms with Crippen LogP contribution < -0.4 is 0 Å². The van der Waals surface area contributed by atoms with E-state index in [1.165, 1.54) is 0 Å². The fourth-order valence-corrected chi connectivity index (χ4v) is 2.17. The maximum absolute atomic E-state index is 11.4. The number of terminal acetylenes is 1. The van der Waals surface area contributed by atoms with E-state index in [1.54, 1.807) is 0 Å². The maximum Gasteiger partial charge on any atom is 0.305 e. The third-order valence-corrected chi connectivity index (χ3v) is 2.85. The molecule has 0 spiro atoms. The van der Waals surface area contributed by atoms with Crippen LogP contribution in [0.2, 0.25) is 0 Å². The zero-order valence-corrected chi connectivity index (χ0v) is 13.6. The van der Waals surface area contributed by atoms with Crippen molar-refractivity contribution >= 4 is 23.9 Å². The highest BCUT2D eigenvalue weighted by molar-refractivity contribution is 5.69. The van der Waals surface area contributed by atoms with Gasteiger partial charge in [-0.15, -0.1) is 6.42 Å². The molecular formula is C15H18O9. The van der Waals surface area contributed by atoms with Gasteiger partial charge in [-0.05, 0) is 0 Å². The molecular weight excluding hydrogens is 324 g/mol. The van der Waals surface area contributed by atoms with Crippen LogP contribution in [0.15, 0.2) is 0 Å². The van der Waals surface area contributed by atoms with Crippen LogP contribution in [0.5, 0.6) is 0 Å². The van der Waals surface area contributed by atoms with Crippen LogP contribution in [0.1, 0.15) is 27.7 Å². The quantitative estimate of drug-likeness (QED) is 0.377. The molecule has 9 heteroatoms. The van der Waals surface area contributed by atoms with E-state index in [4.69, 9.17) is 30.1 Å². The van der Waals surface area contributed by atoms with Crippen LogP contribution >= 0.6 is 0 Å². The molecule has 1 unspecified atom stereocenters. The van der Waals surface area contributed by atoms with Gasteiger partial charge < -0.3 is 23.7 Å². The predicted molar refractivity (Wildman–Crippen MR) is 75.9 cm³/mol. The van der Waals surface area contributed by atoms with Gasteiger partial charge in [-0.1, -0.05) is 5.92 Å². The van der Waals surface area contributed by atoms with Crippen LogP contribution in [0, 0.1) is 12.3 Å². The lowest BCUT2D eigenvalue weighted by atomic mass is 10.1. The first-order valence-electron chi connectivity index (χ1n) is 6.96. The number of hydrogen-bond acceptors (Lipinski definition) is 9. The zero-order chi connectivity index (χ0) is 18.4. The van der Waals surface area contributed by atoms with E-state index in [9.17, 15) is 19.2 Å². The van der Waals surface area contributed by atoms with Crippen LogP contribution in [0.25, 0.3) is 0 Å². The Balaban J connectivity index is 3.16. The second-order valence-electron chi connectivity index (χ2n) is 4.92. The highest BCUT2D eigenvalue weighted by atomic mass is 16.8. The molecule has 5 atom stereocenters. The van der Waals surface area contributed by atoms with Crippen LogP contribution in [0.3, 0.4) is 0 Å². The molecule has 0 aromatic rings. The van der Waals surface area contributed by atoms with Gasteiger partial charge in [-0.2, -0.15) is 0 Å². The second kappa shape index (κ2) is 8.31. The third-order valence-electron chi connectivity index (χ3n) is 2.85. The molecule has 1 aliphatic rings. The highest BCUT2D eigenvalue weighted by Crippen LogP contribution is 2.31. The standard InChI is InChI=1S/C15H18O9/c1-6-11(20-7(2)16)12-13(21-8(3)17)14(22-9(4)18)15(24-12)23-10(5)19/h1,11-15H,2-5H3/t11-,12+,13?,14+,15-/m0/s1. The average molecular weight is 342 g/mol. The minimum absolute atomic E-state index is 0.692. The molecule has 0 saturated carbocycles. The van der Waals surface area contributed by atoms with Crippen molar-refractivity contribution in [2.24, 2.45) is 0 Å². The normalized spacial score (nSPS) is 26.6. The SMILES string of the molecule is C#C[C@H](OC(C)=O)[C@H]1O[C@H](OC(C)=O)[C@H](OC(C)=O)C1OC(C)=O. The molecule has 1 heterocycles. The Hall–Kier alpha value is -2.60. The lowest BCUT2D eigenvalue weighted by Gasteiger charge is -2.24.